The maximum Gasteiger partial charge on any atom is 0.507 e. The summed E-state index contributed by atoms with van der Waals surface area (Å²) in [6, 6.07) is 0. The molecule has 0 aliphatic rings. The predicted octanol–water partition coefficient (Wildman–Crippen LogP) is -0.0195. The molecular formula is C12H32N2O6Si2. The molecule has 0 atom stereocenters. The van der Waals surface area contributed by atoms with Crippen LogP contribution in [-0.4, -0.2) is 79.9 Å². The average molecular weight is 357 g/mol. The van der Waals surface area contributed by atoms with Crippen LogP contribution in [0.5, 0.6) is 0 Å². The summed E-state index contributed by atoms with van der Waals surface area (Å²) >= 11 is 0. The van der Waals surface area contributed by atoms with E-state index in [9.17, 15) is 0 Å². The first-order chi connectivity index (χ1) is 10.6. The second-order valence-corrected chi connectivity index (χ2v) is 11.5. The summed E-state index contributed by atoms with van der Waals surface area (Å²) in [4.78, 5) is 0. The van der Waals surface area contributed by atoms with Crippen LogP contribution in [0.1, 0.15) is 12.8 Å². The van der Waals surface area contributed by atoms with Crippen molar-refractivity contribution in [3.05, 3.63) is 0 Å². The van der Waals surface area contributed by atoms with Gasteiger partial charge in [0.05, 0.1) is 5.16 Å². The maximum absolute atomic E-state index is 5.64. The molecule has 0 fully saturated rings. The Morgan fingerprint density at radius 3 is 1.50 bits per heavy atom. The van der Waals surface area contributed by atoms with Crippen molar-refractivity contribution in [1.82, 2.24) is 5.32 Å². The second kappa shape index (κ2) is 11.6. The van der Waals surface area contributed by atoms with Crippen LogP contribution in [0.15, 0.2) is 0 Å². The monoisotopic (exact) mass is 356 g/mol. The van der Waals surface area contributed by atoms with Crippen molar-refractivity contribution >= 4 is 17.6 Å². The zero-order valence-electron chi connectivity index (χ0n) is 14.6. The van der Waals surface area contributed by atoms with Gasteiger partial charge in [0.1, 0.15) is 0 Å². The minimum atomic E-state index is -2.98. The third-order valence-corrected chi connectivity index (χ3v) is 11.5. The molecule has 22 heavy (non-hydrogen) atoms. The van der Waals surface area contributed by atoms with E-state index in [-0.39, 0.29) is 5.16 Å². The first kappa shape index (κ1) is 22.1. The molecular weight excluding hydrogens is 324 g/mol. The number of rotatable bonds is 14. The molecule has 0 heterocycles. The van der Waals surface area contributed by atoms with Gasteiger partial charge in [-0.05, 0) is 19.4 Å². The highest BCUT2D eigenvalue weighted by Crippen LogP contribution is 2.38. The normalized spacial score (nSPS) is 13.1. The van der Waals surface area contributed by atoms with Crippen LogP contribution in [0.4, 0.5) is 0 Å². The molecule has 0 saturated carbocycles. The van der Waals surface area contributed by atoms with Crippen molar-refractivity contribution in [1.29, 1.82) is 0 Å². The highest BCUT2D eigenvalue weighted by molar-refractivity contribution is 6.82. The van der Waals surface area contributed by atoms with Crippen molar-refractivity contribution in [3.63, 3.8) is 0 Å². The fraction of sp³-hybridized carbons (Fsp3) is 1.00. The summed E-state index contributed by atoms with van der Waals surface area (Å²) in [5.41, 5.74) is 5.47. The molecule has 10 heteroatoms. The van der Waals surface area contributed by atoms with Gasteiger partial charge in [-0.1, -0.05) is 0 Å². The molecule has 0 amide bonds. The molecule has 134 valence electrons. The van der Waals surface area contributed by atoms with Gasteiger partial charge in [0.15, 0.2) is 0 Å². The van der Waals surface area contributed by atoms with Crippen molar-refractivity contribution < 1.29 is 26.6 Å². The molecule has 0 aromatic heterocycles. The summed E-state index contributed by atoms with van der Waals surface area (Å²) < 4.78 is 33.8. The molecule has 0 rings (SSSR count). The van der Waals surface area contributed by atoms with E-state index in [0.717, 1.165) is 25.9 Å². The average Bonchev–Trinajstić information content (AvgIpc) is 2.57. The Hall–Kier alpha value is 0.114. The SMILES string of the molecule is CO[Si](OC)(OC)C(CCCNCCN)[Si](OC)(OC)OC. The Morgan fingerprint density at radius 2 is 1.18 bits per heavy atom. The minimum absolute atomic E-state index is 0.209. The van der Waals surface area contributed by atoms with Crippen LogP contribution in [-0.2, 0) is 26.6 Å². The van der Waals surface area contributed by atoms with E-state index >= 15 is 0 Å². The molecule has 0 unspecified atom stereocenters. The van der Waals surface area contributed by atoms with Gasteiger partial charge in [-0.3, -0.25) is 0 Å². The molecule has 0 aromatic carbocycles. The van der Waals surface area contributed by atoms with Crippen LogP contribution in [0.2, 0.25) is 5.16 Å². The zero-order valence-corrected chi connectivity index (χ0v) is 16.6. The van der Waals surface area contributed by atoms with E-state index in [2.05, 4.69) is 5.32 Å². The van der Waals surface area contributed by atoms with Gasteiger partial charge in [-0.2, -0.15) is 0 Å². The lowest BCUT2D eigenvalue weighted by Gasteiger charge is -2.39. The Labute approximate surface area is 136 Å². The Morgan fingerprint density at radius 1 is 0.773 bits per heavy atom. The van der Waals surface area contributed by atoms with E-state index in [1.165, 1.54) is 0 Å². The topological polar surface area (TPSA) is 93.4 Å². The fourth-order valence-corrected chi connectivity index (χ4v) is 10.3. The van der Waals surface area contributed by atoms with E-state index in [0.29, 0.717) is 6.54 Å². The van der Waals surface area contributed by atoms with Crippen molar-refractivity contribution in [2.75, 3.05) is 62.3 Å². The van der Waals surface area contributed by atoms with Gasteiger partial charge in [0.2, 0.25) is 0 Å². The summed E-state index contributed by atoms with van der Waals surface area (Å²) in [5.74, 6) is 0. The van der Waals surface area contributed by atoms with Crippen molar-refractivity contribution in [2.45, 2.75) is 18.0 Å². The highest BCUT2D eigenvalue weighted by atomic mass is 28.5. The van der Waals surface area contributed by atoms with Crippen LogP contribution >= 0.6 is 0 Å². The number of nitrogens with two attached hydrogens (primary N) is 1. The van der Waals surface area contributed by atoms with Crippen LogP contribution in [0.25, 0.3) is 0 Å². The summed E-state index contributed by atoms with van der Waals surface area (Å²) in [6.07, 6.45) is 1.61. The number of hydrogen-bond donors (Lipinski definition) is 2. The van der Waals surface area contributed by atoms with E-state index in [4.69, 9.17) is 32.3 Å². The van der Waals surface area contributed by atoms with Gasteiger partial charge in [0.25, 0.3) is 0 Å². The second-order valence-electron chi connectivity index (χ2n) is 4.67. The van der Waals surface area contributed by atoms with Gasteiger partial charge >= 0.3 is 17.6 Å². The molecule has 0 aliphatic heterocycles. The third-order valence-electron chi connectivity index (χ3n) is 3.73. The molecule has 0 spiro atoms. The van der Waals surface area contributed by atoms with Crippen LogP contribution in [0, 0.1) is 0 Å². The first-order valence-electron chi connectivity index (χ1n) is 7.28. The van der Waals surface area contributed by atoms with Crippen LogP contribution < -0.4 is 11.1 Å². The smallest absolute Gasteiger partial charge is 0.377 e. The van der Waals surface area contributed by atoms with Crippen LogP contribution in [0.3, 0.4) is 0 Å². The lowest BCUT2D eigenvalue weighted by molar-refractivity contribution is 0.0779. The molecule has 0 aliphatic carbocycles. The summed E-state index contributed by atoms with van der Waals surface area (Å²) in [6.45, 7) is 2.23. The van der Waals surface area contributed by atoms with Gasteiger partial charge in [0, 0.05) is 55.7 Å². The Kier molecular flexibility index (Phi) is 11.7. The highest BCUT2D eigenvalue weighted by Gasteiger charge is 2.63. The Bertz CT molecular complexity index is 244. The molecule has 0 saturated heterocycles. The third kappa shape index (κ3) is 5.33. The molecule has 8 nitrogen and oxygen atoms in total. The summed E-state index contributed by atoms with van der Waals surface area (Å²) in [5, 5.41) is 3.05. The maximum atomic E-state index is 5.64. The van der Waals surface area contributed by atoms with Gasteiger partial charge in [-0.25, -0.2) is 0 Å². The molecule has 0 bridgehead atoms. The van der Waals surface area contributed by atoms with Crippen molar-refractivity contribution in [2.24, 2.45) is 5.73 Å². The fourth-order valence-electron chi connectivity index (χ4n) is 2.58. The van der Waals surface area contributed by atoms with Gasteiger partial charge < -0.3 is 37.6 Å². The predicted molar refractivity (Wildman–Crippen MR) is 88.5 cm³/mol. The van der Waals surface area contributed by atoms with Gasteiger partial charge in [-0.15, -0.1) is 0 Å². The standard InChI is InChI=1S/C12H32N2O6Si2/c1-15-21(16-2,17-3)12(8-7-10-14-11-9-13)22(18-4,19-5)20-6/h12,14H,7-11,13H2,1-6H3. The van der Waals surface area contributed by atoms with E-state index in [1.807, 2.05) is 0 Å². The quantitative estimate of drug-likeness (QED) is 0.331. The molecule has 3 N–H and O–H groups in total. The number of nitrogens with one attached hydrogen (secondary N) is 1. The zero-order chi connectivity index (χ0) is 17.1. The first-order valence-corrected chi connectivity index (χ1v) is 10.9. The lowest BCUT2D eigenvalue weighted by Crippen LogP contribution is -2.62. The molecule has 0 radical (unpaired) electrons. The van der Waals surface area contributed by atoms with Crippen molar-refractivity contribution in [3.8, 4) is 0 Å². The Balaban J connectivity index is 5.20. The minimum Gasteiger partial charge on any atom is -0.377 e. The molecule has 0 aromatic rings. The largest absolute Gasteiger partial charge is 0.507 e. The van der Waals surface area contributed by atoms with E-state index in [1.54, 1.807) is 42.7 Å². The summed E-state index contributed by atoms with van der Waals surface area (Å²) in [7, 11) is 3.54. The van der Waals surface area contributed by atoms with E-state index < -0.39 is 17.6 Å². The number of hydrogen-bond acceptors (Lipinski definition) is 8. The lowest BCUT2D eigenvalue weighted by atomic mass is 10.3.